The fourth-order valence-corrected chi connectivity index (χ4v) is 3.44. The van der Waals surface area contributed by atoms with E-state index in [0.717, 1.165) is 25.8 Å². The lowest BCUT2D eigenvalue weighted by Crippen LogP contribution is -2.50. The summed E-state index contributed by atoms with van der Waals surface area (Å²) < 4.78 is 4.77. The molecule has 0 radical (unpaired) electrons. The molecule has 1 fully saturated rings. The van der Waals surface area contributed by atoms with Crippen molar-refractivity contribution in [3.8, 4) is 0 Å². The van der Waals surface area contributed by atoms with E-state index in [9.17, 15) is 9.59 Å². The van der Waals surface area contributed by atoms with Gasteiger partial charge in [0.2, 0.25) is 5.91 Å². The molecular formula is C18H29N5O3S. The van der Waals surface area contributed by atoms with E-state index in [1.54, 1.807) is 30.3 Å². The van der Waals surface area contributed by atoms with Gasteiger partial charge >= 0.3 is 6.09 Å². The summed E-state index contributed by atoms with van der Waals surface area (Å²) >= 11 is 1.73. The Bertz CT molecular complexity index is 625. The van der Waals surface area contributed by atoms with Crippen LogP contribution in [0.1, 0.15) is 17.7 Å². The van der Waals surface area contributed by atoms with Gasteiger partial charge in [-0.25, -0.2) is 9.79 Å². The molecule has 0 bridgehead atoms. The van der Waals surface area contributed by atoms with Crippen LogP contribution in [0.2, 0.25) is 0 Å². The van der Waals surface area contributed by atoms with Gasteiger partial charge in [-0.15, -0.1) is 11.3 Å². The van der Waals surface area contributed by atoms with Gasteiger partial charge in [-0.3, -0.25) is 4.79 Å². The number of carbonyl (C=O) groups excluding carboxylic acids is 2. The number of hydrogen-bond donors (Lipinski definition) is 2. The Hall–Kier alpha value is -2.29. The zero-order chi connectivity index (χ0) is 19.6. The van der Waals surface area contributed by atoms with Gasteiger partial charge in [0.25, 0.3) is 0 Å². The van der Waals surface area contributed by atoms with E-state index in [4.69, 9.17) is 4.74 Å². The number of piperidine rings is 1. The van der Waals surface area contributed by atoms with Gasteiger partial charge in [-0.05, 0) is 30.7 Å². The largest absolute Gasteiger partial charge is 0.453 e. The van der Waals surface area contributed by atoms with Crippen LogP contribution in [0.4, 0.5) is 4.79 Å². The Balaban J connectivity index is 1.87. The van der Waals surface area contributed by atoms with Crippen molar-refractivity contribution in [2.24, 2.45) is 4.99 Å². The Morgan fingerprint density at radius 2 is 2.11 bits per heavy atom. The van der Waals surface area contributed by atoms with Gasteiger partial charge < -0.3 is 25.2 Å². The number of nitrogens with one attached hydrogen (secondary N) is 2. The molecule has 0 unspecified atom stereocenters. The van der Waals surface area contributed by atoms with Crippen LogP contribution < -0.4 is 10.6 Å². The van der Waals surface area contributed by atoms with Crippen molar-refractivity contribution in [3.05, 3.63) is 22.4 Å². The number of likely N-dealkylation sites (tertiary alicyclic amines) is 1. The second-order valence-corrected chi connectivity index (χ2v) is 7.62. The first-order valence-electron chi connectivity index (χ1n) is 9.10. The van der Waals surface area contributed by atoms with Crippen molar-refractivity contribution < 1.29 is 14.3 Å². The fraction of sp³-hybridized carbons (Fsp3) is 0.611. The predicted molar refractivity (Wildman–Crippen MR) is 107 cm³/mol. The van der Waals surface area contributed by atoms with Gasteiger partial charge in [-0.2, -0.15) is 0 Å². The Morgan fingerprint density at radius 3 is 2.70 bits per heavy atom. The number of rotatable bonds is 6. The molecule has 0 spiro atoms. The summed E-state index contributed by atoms with van der Waals surface area (Å²) in [5.41, 5.74) is 0. The number of thiophene rings is 1. The molecule has 1 aliphatic rings. The molecule has 0 saturated carbocycles. The molecule has 2 heterocycles. The van der Waals surface area contributed by atoms with Crippen LogP contribution in [0, 0.1) is 0 Å². The zero-order valence-corrected chi connectivity index (χ0v) is 17.1. The fourth-order valence-electron chi connectivity index (χ4n) is 2.73. The Morgan fingerprint density at radius 1 is 1.37 bits per heavy atom. The molecule has 2 rings (SSSR count). The zero-order valence-electron chi connectivity index (χ0n) is 16.2. The average Bonchev–Trinajstić information content (AvgIpc) is 3.19. The minimum absolute atomic E-state index is 0.0464. The van der Waals surface area contributed by atoms with E-state index in [0.29, 0.717) is 19.0 Å². The maximum absolute atomic E-state index is 11.9. The second-order valence-electron chi connectivity index (χ2n) is 6.58. The van der Waals surface area contributed by atoms with Crippen LogP contribution in [0.3, 0.4) is 0 Å². The SMILES string of the molecule is COC(=O)N1CCC(NC(=NCC(=O)N(C)C)NCCc2cccs2)CC1. The number of hydrogen-bond acceptors (Lipinski definition) is 5. The monoisotopic (exact) mass is 395 g/mol. The van der Waals surface area contributed by atoms with Crippen LogP contribution in [0.5, 0.6) is 0 Å². The quantitative estimate of drug-likeness (QED) is 0.557. The minimum Gasteiger partial charge on any atom is -0.453 e. The molecule has 0 atom stereocenters. The molecule has 2 N–H and O–H groups in total. The topological polar surface area (TPSA) is 86.3 Å². The molecular weight excluding hydrogens is 366 g/mol. The summed E-state index contributed by atoms with van der Waals surface area (Å²) in [6.07, 6.45) is 2.24. The number of carbonyl (C=O) groups is 2. The number of methoxy groups -OCH3 is 1. The van der Waals surface area contributed by atoms with Crippen LogP contribution >= 0.6 is 11.3 Å². The molecule has 1 saturated heterocycles. The van der Waals surface area contributed by atoms with Crippen molar-refractivity contribution in [1.82, 2.24) is 20.4 Å². The lowest BCUT2D eigenvalue weighted by Gasteiger charge is -2.32. The van der Waals surface area contributed by atoms with Crippen molar-refractivity contribution in [1.29, 1.82) is 0 Å². The summed E-state index contributed by atoms with van der Waals surface area (Å²) in [5.74, 6) is 0.591. The van der Waals surface area contributed by atoms with E-state index in [-0.39, 0.29) is 24.6 Å². The molecule has 0 aliphatic carbocycles. The summed E-state index contributed by atoms with van der Waals surface area (Å²) in [6.45, 7) is 2.12. The van der Waals surface area contributed by atoms with Crippen molar-refractivity contribution in [3.63, 3.8) is 0 Å². The van der Waals surface area contributed by atoms with Gasteiger partial charge in [0.05, 0.1) is 7.11 Å². The van der Waals surface area contributed by atoms with Gasteiger partial charge in [0, 0.05) is 44.6 Å². The summed E-state index contributed by atoms with van der Waals surface area (Å²) in [5, 5.41) is 8.78. The number of aliphatic imine (C=N–C) groups is 1. The molecule has 0 aromatic carbocycles. The first-order chi connectivity index (χ1) is 13.0. The van der Waals surface area contributed by atoms with E-state index in [1.807, 2.05) is 6.07 Å². The van der Waals surface area contributed by atoms with Crippen molar-refractivity contribution >= 4 is 29.3 Å². The highest BCUT2D eigenvalue weighted by atomic mass is 32.1. The number of guanidine groups is 1. The van der Waals surface area contributed by atoms with Gasteiger partial charge in [-0.1, -0.05) is 6.07 Å². The Kier molecular flexibility index (Phi) is 8.38. The van der Waals surface area contributed by atoms with Crippen LogP contribution in [-0.2, 0) is 16.0 Å². The lowest BCUT2D eigenvalue weighted by atomic mass is 10.1. The summed E-state index contributed by atoms with van der Waals surface area (Å²) in [7, 11) is 4.84. The first-order valence-corrected chi connectivity index (χ1v) is 9.98. The average molecular weight is 396 g/mol. The van der Waals surface area contributed by atoms with Crippen LogP contribution in [-0.4, -0.2) is 81.2 Å². The maximum Gasteiger partial charge on any atom is 0.409 e. The maximum atomic E-state index is 11.9. The van der Waals surface area contributed by atoms with E-state index < -0.39 is 0 Å². The molecule has 9 heteroatoms. The highest BCUT2D eigenvalue weighted by Gasteiger charge is 2.23. The molecule has 2 amide bonds. The molecule has 8 nitrogen and oxygen atoms in total. The van der Waals surface area contributed by atoms with E-state index in [1.165, 1.54) is 16.9 Å². The van der Waals surface area contributed by atoms with Crippen molar-refractivity contribution in [2.75, 3.05) is 47.4 Å². The number of nitrogens with zero attached hydrogens (tertiary/aromatic N) is 3. The smallest absolute Gasteiger partial charge is 0.409 e. The molecule has 1 aromatic heterocycles. The number of ether oxygens (including phenoxy) is 1. The molecule has 150 valence electrons. The van der Waals surface area contributed by atoms with Gasteiger partial charge in [0.1, 0.15) is 6.54 Å². The predicted octanol–water partition coefficient (Wildman–Crippen LogP) is 1.14. The second kappa shape index (κ2) is 10.8. The molecule has 1 aromatic rings. The summed E-state index contributed by atoms with van der Waals surface area (Å²) in [4.78, 5) is 32.4. The lowest BCUT2D eigenvalue weighted by molar-refractivity contribution is -0.127. The third-order valence-corrected chi connectivity index (χ3v) is 5.32. The molecule has 1 aliphatic heterocycles. The van der Waals surface area contributed by atoms with E-state index in [2.05, 4.69) is 27.1 Å². The minimum atomic E-state index is -0.284. The summed E-state index contributed by atoms with van der Waals surface area (Å²) in [6, 6.07) is 4.35. The van der Waals surface area contributed by atoms with Crippen LogP contribution in [0.25, 0.3) is 0 Å². The number of likely N-dealkylation sites (N-methyl/N-ethyl adjacent to an activating group) is 1. The van der Waals surface area contributed by atoms with Crippen molar-refractivity contribution in [2.45, 2.75) is 25.3 Å². The highest BCUT2D eigenvalue weighted by molar-refractivity contribution is 7.09. The highest BCUT2D eigenvalue weighted by Crippen LogP contribution is 2.11. The van der Waals surface area contributed by atoms with Gasteiger partial charge in [0.15, 0.2) is 5.96 Å². The normalized spacial score (nSPS) is 15.4. The number of amides is 2. The third-order valence-electron chi connectivity index (χ3n) is 4.38. The molecule has 27 heavy (non-hydrogen) atoms. The third kappa shape index (κ3) is 7.09. The first kappa shape index (κ1) is 21.0. The van der Waals surface area contributed by atoms with Crippen LogP contribution in [0.15, 0.2) is 22.5 Å². The standard InChI is InChI=1S/C18H29N5O3S/c1-22(2)16(24)13-20-17(19-9-6-15-5-4-12-27-15)21-14-7-10-23(11-8-14)18(25)26-3/h4-5,12,14H,6-11,13H2,1-3H3,(H2,19,20,21). The van der Waals surface area contributed by atoms with E-state index >= 15 is 0 Å². The Labute approximate surface area is 164 Å².